The van der Waals surface area contributed by atoms with Crippen molar-refractivity contribution < 1.29 is 18.3 Å². The molecule has 0 amide bonds. The quantitative estimate of drug-likeness (QED) is 0.695. The number of pyridine rings is 1. The second kappa shape index (κ2) is 7.25. The van der Waals surface area contributed by atoms with Gasteiger partial charge in [-0.25, -0.2) is 23.5 Å². The number of carbonyl (C=O) groups is 1. The van der Waals surface area contributed by atoms with Crippen molar-refractivity contribution >= 4 is 22.4 Å². The van der Waals surface area contributed by atoms with Crippen molar-refractivity contribution in [1.29, 1.82) is 0 Å². The number of imidazole rings is 1. The first-order valence-electron chi connectivity index (χ1n) is 7.57. The maximum Gasteiger partial charge on any atom is 0.357 e. The Morgan fingerprint density at radius 2 is 2.12 bits per heavy atom. The van der Waals surface area contributed by atoms with Gasteiger partial charge in [0.25, 0.3) is 6.43 Å². The zero-order chi connectivity index (χ0) is 17.8. The molecule has 0 radical (unpaired) electrons. The van der Waals surface area contributed by atoms with Crippen molar-refractivity contribution in [2.45, 2.75) is 19.5 Å². The highest BCUT2D eigenvalue weighted by Gasteiger charge is 2.12. The summed E-state index contributed by atoms with van der Waals surface area (Å²) in [6, 6.07) is 7.19. The number of halogens is 2. The molecule has 1 N–H and O–H groups in total. The van der Waals surface area contributed by atoms with Crippen LogP contribution >= 0.6 is 0 Å². The van der Waals surface area contributed by atoms with Crippen LogP contribution in [0.2, 0.25) is 0 Å². The molecule has 0 bridgehead atoms. The van der Waals surface area contributed by atoms with E-state index < -0.39 is 12.4 Å². The maximum atomic E-state index is 12.5. The molecule has 0 aliphatic carbocycles. The third kappa shape index (κ3) is 3.73. The fourth-order valence-electron chi connectivity index (χ4n) is 2.55. The minimum atomic E-state index is -2.43. The Morgan fingerprint density at radius 1 is 1.28 bits per heavy atom. The van der Waals surface area contributed by atoms with Gasteiger partial charge in [0, 0.05) is 29.7 Å². The number of nitrogens with zero attached hydrogens (tertiary/aromatic N) is 3. The predicted octanol–water partition coefficient (Wildman–Crippen LogP) is 3.10. The maximum absolute atomic E-state index is 12.5. The number of rotatable bonds is 6. The van der Waals surface area contributed by atoms with Crippen LogP contribution in [0.25, 0.3) is 10.8 Å². The number of ether oxygens (including phenoxy) is 1. The van der Waals surface area contributed by atoms with Crippen molar-refractivity contribution in [3.8, 4) is 0 Å². The molecule has 0 saturated heterocycles. The first kappa shape index (κ1) is 16.8. The Hall–Kier alpha value is -3.03. The number of hydrogen-bond acceptors (Lipinski definition) is 5. The van der Waals surface area contributed by atoms with E-state index in [1.807, 2.05) is 6.07 Å². The molecular formula is C17H16F2N4O2. The van der Waals surface area contributed by atoms with E-state index >= 15 is 0 Å². The van der Waals surface area contributed by atoms with Gasteiger partial charge in [-0.3, -0.25) is 0 Å². The van der Waals surface area contributed by atoms with Gasteiger partial charge >= 0.3 is 5.97 Å². The van der Waals surface area contributed by atoms with Gasteiger partial charge in [-0.1, -0.05) is 0 Å². The second-order valence-electron chi connectivity index (χ2n) is 5.33. The van der Waals surface area contributed by atoms with Crippen LogP contribution in [-0.4, -0.2) is 34.0 Å². The minimum absolute atomic E-state index is 0.249. The Bertz CT molecular complexity index is 895. The molecule has 25 heavy (non-hydrogen) atoms. The van der Waals surface area contributed by atoms with Gasteiger partial charge in [0.05, 0.1) is 20.2 Å². The van der Waals surface area contributed by atoms with E-state index in [1.165, 1.54) is 30.3 Å². The van der Waals surface area contributed by atoms with Gasteiger partial charge in [0.2, 0.25) is 0 Å². The number of carbonyl (C=O) groups excluding carboxylic acids is 1. The molecule has 0 spiro atoms. The summed E-state index contributed by atoms with van der Waals surface area (Å²) in [4.78, 5) is 19.9. The average Bonchev–Trinajstić information content (AvgIpc) is 3.04. The first-order chi connectivity index (χ1) is 12.1. The fourth-order valence-corrected chi connectivity index (χ4v) is 2.55. The number of alkyl halides is 2. The molecule has 0 unspecified atom stereocenters. The van der Waals surface area contributed by atoms with Crippen LogP contribution in [0.3, 0.4) is 0 Å². The van der Waals surface area contributed by atoms with Crippen molar-refractivity contribution in [3.63, 3.8) is 0 Å². The van der Waals surface area contributed by atoms with E-state index in [-0.39, 0.29) is 12.2 Å². The number of esters is 1. The molecule has 6 nitrogen and oxygen atoms in total. The monoisotopic (exact) mass is 346 g/mol. The summed E-state index contributed by atoms with van der Waals surface area (Å²) in [7, 11) is 1.31. The number of nitrogens with one attached hydrogen (secondary N) is 1. The van der Waals surface area contributed by atoms with E-state index in [1.54, 1.807) is 18.2 Å². The predicted molar refractivity (Wildman–Crippen MR) is 88.6 cm³/mol. The van der Waals surface area contributed by atoms with Crippen LogP contribution in [0.5, 0.6) is 0 Å². The van der Waals surface area contributed by atoms with Crippen molar-refractivity contribution in [2.24, 2.45) is 0 Å². The number of benzene rings is 1. The average molecular weight is 346 g/mol. The molecule has 2 heterocycles. The number of aromatic nitrogens is 3. The van der Waals surface area contributed by atoms with Gasteiger partial charge in [-0.15, -0.1) is 0 Å². The fraction of sp³-hybridized carbons (Fsp3) is 0.235. The second-order valence-corrected chi connectivity index (χ2v) is 5.33. The smallest absolute Gasteiger partial charge is 0.357 e. The highest BCUT2D eigenvalue weighted by atomic mass is 19.3. The Morgan fingerprint density at radius 3 is 2.88 bits per heavy atom. The number of hydrogen-bond donors (Lipinski definition) is 1. The SMILES string of the molecule is COC(=O)c1nccc2cc(NCc3nccn3CC(F)F)ccc12. The lowest BCUT2D eigenvalue weighted by Crippen LogP contribution is -2.12. The van der Waals surface area contributed by atoms with Crippen LogP contribution < -0.4 is 5.32 Å². The summed E-state index contributed by atoms with van der Waals surface area (Å²) >= 11 is 0. The van der Waals surface area contributed by atoms with E-state index in [4.69, 9.17) is 4.74 Å². The molecule has 0 atom stereocenters. The van der Waals surface area contributed by atoms with Crippen LogP contribution in [-0.2, 0) is 17.8 Å². The zero-order valence-electron chi connectivity index (χ0n) is 13.4. The Labute approximate surface area is 142 Å². The summed E-state index contributed by atoms with van der Waals surface area (Å²) in [5.41, 5.74) is 1.03. The minimum Gasteiger partial charge on any atom is -0.464 e. The highest BCUT2D eigenvalue weighted by molar-refractivity contribution is 6.03. The van der Waals surface area contributed by atoms with Crippen molar-refractivity contribution in [3.05, 3.63) is 54.4 Å². The molecule has 0 fully saturated rings. The van der Waals surface area contributed by atoms with Crippen LogP contribution in [0, 0.1) is 0 Å². The van der Waals surface area contributed by atoms with Crippen LogP contribution in [0.1, 0.15) is 16.3 Å². The Balaban J connectivity index is 1.79. The zero-order valence-corrected chi connectivity index (χ0v) is 13.4. The molecule has 8 heteroatoms. The number of fused-ring (bicyclic) bond motifs is 1. The lowest BCUT2D eigenvalue weighted by molar-refractivity contribution is 0.0596. The summed E-state index contributed by atoms with van der Waals surface area (Å²) < 4.78 is 31.2. The molecule has 2 aromatic heterocycles. The highest BCUT2D eigenvalue weighted by Crippen LogP contribution is 2.22. The Kier molecular flexibility index (Phi) is 4.87. The van der Waals surface area contributed by atoms with E-state index in [0.717, 1.165) is 11.1 Å². The summed E-state index contributed by atoms with van der Waals surface area (Å²) in [6.45, 7) is -0.0803. The van der Waals surface area contributed by atoms with Gasteiger partial charge in [-0.2, -0.15) is 0 Å². The molecule has 3 rings (SSSR count). The van der Waals surface area contributed by atoms with Gasteiger partial charge < -0.3 is 14.6 Å². The molecular weight excluding hydrogens is 330 g/mol. The van der Waals surface area contributed by atoms with E-state index in [0.29, 0.717) is 17.8 Å². The van der Waals surface area contributed by atoms with Gasteiger partial charge in [-0.05, 0) is 29.7 Å². The standard InChI is InChI=1S/C17H16F2N4O2/c1-25-17(24)16-13-3-2-12(8-11(13)4-5-21-16)22-9-15-20-6-7-23(15)10-14(18)19/h2-8,14,22H,9-10H2,1H3. The lowest BCUT2D eigenvalue weighted by atomic mass is 10.1. The van der Waals surface area contributed by atoms with Crippen molar-refractivity contribution in [1.82, 2.24) is 14.5 Å². The van der Waals surface area contributed by atoms with Crippen molar-refractivity contribution in [2.75, 3.05) is 12.4 Å². The third-order valence-corrected chi connectivity index (χ3v) is 3.73. The van der Waals surface area contributed by atoms with Crippen LogP contribution in [0.15, 0.2) is 42.9 Å². The van der Waals surface area contributed by atoms with E-state index in [2.05, 4.69) is 15.3 Å². The van der Waals surface area contributed by atoms with Crippen LogP contribution in [0.4, 0.5) is 14.5 Å². The summed E-state index contributed by atoms with van der Waals surface area (Å²) in [5, 5.41) is 4.65. The topological polar surface area (TPSA) is 69.0 Å². The molecule has 0 aliphatic heterocycles. The lowest BCUT2D eigenvalue weighted by Gasteiger charge is -2.10. The molecule has 1 aromatic carbocycles. The van der Waals surface area contributed by atoms with Gasteiger partial charge in [0.1, 0.15) is 5.82 Å². The van der Waals surface area contributed by atoms with E-state index in [9.17, 15) is 13.6 Å². The number of methoxy groups -OCH3 is 1. The summed E-state index contributed by atoms with van der Waals surface area (Å²) in [6.07, 6.45) is 2.12. The van der Waals surface area contributed by atoms with Gasteiger partial charge in [0.15, 0.2) is 5.69 Å². The molecule has 3 aromatic rings. The largest absolute Gasteiger partial charge is 0.464 e. The molecule has 0 saturated carbocycles. The molecule has 0 aliphatic rings. The first-order valence-corrected chi connectivity index (χ1v) is 7.57. The molecule has 130 valence electrons. The number of anilines is 1. The normalized spacial score (nSPS) is 11.0. The summed E-state index contributed by atoms with van der Waals surface area (Å²) in [5.74, 6) is 0.0192. The third-order valence-electron chi connectivity index (χ3n) is 3.73.